The van der Waals surface area contributed by atoms with E-state index in [9.17, 15) is 18.0 Å². The van der Waals surface area contributed by atoms with Crippen LogP contribution in [0.5, 0.6) is 0 Å². The monoisotopic (exact) mass is 246 g/mol. The Morgan fingerprint density at radius 1 is 1.47 bits per heavy atom. The Morgan fingerprint density at radius 3 is 2.76 bits per heavy atom. The number of nitrogens with zero attached hydrogens (tertiary/aromatic N) is 2. The maximum atomic E-state index is 12.1. The fraction of sp³-hybridized carbons (Fsp3) is 0.125. The van der Waals surface area contributed by atoms with Gasteiger partial charge >= 0.3 is 6.18 Å². The number of rotatable bonds is 2. The molecule has 0 unspecified atom stereocenters. The molecule has 0 radical (unpaired) electrons. The quantitative estimate of drug-likeness (QED) is 0.844. The van der Waals surface area contributed by atoms with Crippen LogP contribution in [-0.4, -0.2) is 21.1 Å². The van der Waals surface area contributed by atoms with Crippen molar-refractivity contribution in [2.75, 3.05) is 5.32 Å². The Bertz CT molecular complexity index is 517. The van der Waals surface area contributed by atoms with Crippen LogP contribution in [-0.2, 0) is 6.18 Å². The lowest BCUT2D eigenvalue weighted by atomic mass is 10.4. The molecular formula is C8H5F3N4O2. The van der Waals surface area contributed by atoms with Gasteiger partial charge in [0, 0.05) is 0 Å². The van der Waals surface area contributed by atoms with Crippen LogP contribution in [0.15, 0.2) is 22.8 Å². The first-order valence-corrected chi connectivity index (χ1v) is 4.31. The van der Waals surface area contributed by atoms with Gasteiger partial charge in [-0.25, -0.2) is 0 Å². The Kier molecular flexibility index (Phi) is 2.58. The van der Waals surface area contributed by atoms with Gasteiger partial charge in [-0.2, -0.15) is 18.2 Å². The molecule has 9 heteroatoms. The van der Waals surface area contributed by atoms with Gasteiger partial charge in [-0.15, -0.1) is 5.10 Å². The van der Waals surface area contributed by atoms with Gasteiger partial charge in [-0.3, -0.25) is 15.2 Å². The van der Waals surface area contributed by atoms with Crippen LogP contribution >= 0.6 is 0 Å². The van der Waals surface area contributed by atoms with Crippen molar-refractivity contribution >= 4 is 11.9 Å². The van der Waals surface area contributed by atoms with Gasteiger partial charge in [0.05, 0.1) is 6.26 Å². The van der Waals surface area contributed by atoms with Gasteiger partial charge in [0.15, 0.2) is 5.76 Å². The number of hydrogen-bond donors (Lipinski definition) is 2. The van der Waals surface area contributed by atoms with Crippen molar-refractivity contribution in [2.45, 2.75) is 6.18 Å². The Labute approximate surface area is 91.8 Å². The van der Waals surface area contributed by atoms with Crippen LogP contribution in [0.1, 0.15) is 16.4 Å². The third kappa shape index (κ3) is 2.44. The molecule has 2 rings (SSSR count). The molecule has 0 aliphatic carbocycles. The van der Waals surface area contributed by atoms with Crippen LogP contribution in [0, 0.1) is 0 Å². The van der Waals surface area contributed by atoms with Crippen molar-refractivity contribution in [3.63, 3.8) is 0 Å². The SMILES string of the molecule is O=C(Nc1n[nH]c(C(F)(F)F)n1)c1ccco1. The van der Waals surface area contributed by atoms with Gasteiger partial charge in [0.25, 0.3) is 5.91 Å². The first-order valence-electron chi connectivity index (χ1n) is 4.31. The van der Waals surface area contributed by atoms with Crippen molar-refractivity contribution in [2.24, 2.45) is 0 Å². The molecule has 6 nitrogen and oxygen atoms in total. The van der Waals surface area contributed by atoms with Crippen molar-refractivity contribution in [1.29, 1.82) is 0 Å². The van der Waals surface area contributed by atoms with E-state index < -0.39 is 23.9 Å². The summed E-state index contributed by atoms with van der Waals surface area (Å²) in [7, 11) is 0. The minimum Gasteiger partial charge on any atom is -0.459 e. The molecule has 17 heavy (non-hydrogen) atoms. The minimum absolute atomic E-state index is 0.0524. The lowest BCUT2D eigenvalue weighted by Gasteiger charge is -1.98. The molecule has 0 aromatic carbocycles. The highest BCUT2D eigenvalue weighted by atomic mass is 19.4. The zero-order valence-electron chi connectivity index (χ0n) is 8.08. The van der Waals surface area contributed by atoms with E-state index in [-0.39, 0.29) is 5.76 Å². The normalized spacial score (nSPS) is 11.5. The molecular weight excluding hydrogens is 241 g/mol. The summed E-state index contributed by atoms with van der Waals surface area (Å²) in [5, 5.41) is 6.92. The van der Waals surface area contributed by atoms with E-state index in [1.165, 1.54) is 18.4 Å². The summed E-state index contributed by atoms with van der Waals surface area (Å²) >= 11 is 0. The van der Waals surface area contributed by atoms with Crippen LogP contribution in [0.4, 0.5) is 19.1 Å². The number of amides is 1. The lowest BCUT2D eigenvalue weighted by Crippen LogP contribution is -2.12. The predicted octanol–water partition coefficient (Wildman–Crippen LogP) is 1.67. The summed E-state index contributed by atoms with van der Waals surface area (Å²) in [6.45, 7) is 0. The molecule has 2 aromatic rings. The molecule has 0 aliphatic heterocycles. The van der Waals surface area contributed by atoms with Gasteiger partial charge < -0.3 is 4.42 Å². The second kappa shape index (κ2) is 3.92. The van der Waals surface area contributed by atoms with Crippen LogP contribution in [0.25, 0.3) is 0 Å². The molecule has 0 saturated heterocycles. The number of nitrogens with one attached hydrogen (secondary N) is 2. The fourth-order valence-corrected chi connectivity index (χ4v) is 1.02. The number of carbonyl (C=O) groups excluding carboxylic acids is 1. The molecule has 0 saturated carbocycles. The van der Waals surface area contributed by atoms with Crippen molar-refractivity contribution in [3.8, 4) is 0 Å². The van der Waals surface area contributed by atoms with Crippen LogP contribution in [0.3, 0.4) is 0 Å². The zero-order valence-corrected chi connectivity index (χ0v) is 8.08. The molecule has 0 bridgehead atoms. The first-order chi connectivity index (χ1) is 7.97. The molecule has 0 aliphatic rings. The van der Waals surface area contributed by atoms with E-state index in [4.69, 9.17) is 4.42 Å². The van der Waals surface area contributed by atoms with Crippen molar-refractivity contribution < 1.29 is 22.4 Å². The van der Waals surface area contributed by atoms with Crippen LogP contribution < -0.4 is 5.32 Å². The third-order valence-corrected chi connectivity index (χ3v) is 1.72. The number of furan rings is 1. The molecule has 2 N–H and O–H groups in total. The first kappa shape index (κ1) is 11.2. The van der Waals surface area contributed by atoms with Crippen molar-refractivity contribution in [1.82, 2.24) is 15.2 Å². The highest BCUT2D eigenvalue weighted by Crippen LogP contribution is 2.26. The number of hydrogen-bond acceptors (Lipinski definition) is 4. The average Bonchev–Trinajstić information content (AvgIpc) is 2.85. The number of aromatic amines is 1. The summed E-state index contributed by atoms with van der Waals surface area (Å²) < 4.78 is 41.2. The van der Waals surface area contributed by atoms with E-state index in [1.54, 1.807) is 5.10 Å². The maximum Gasteiger partial charge on any atom is 0.451 e. The summed E-state index contributed by atoms with van der Waals surface area (Å²) in [6.07, 6.45) is -3.38. The van der Waals surface area contributed by atoms with E-state index in [2.05, 4.69) is 15.4 Å². The number of aromatic nitrogens is 3. The van der Waals surface area contributed by atoms with Crippen molar-refractivity contribution in [3.05, 3.63) is 30.0 Å². The molecule has 1 amide bonds. The highest BCUT2D eigenvalue weighted by molar-refractivity contribution is 6.01. The third-order valence-electron chi connectivity index (χ3n) is 1.72. The highest BCUT2D eigenvalue weighted by Gasteiger charge is 2.35. The van der Waals surface area contributed by atoms with Gasteiger partial charge in [0.2, 0.25) is 11.8 Å². The van der Waals surface area contributed by atoms with Gasteiger partial charge in [-0.05, 0) is 12.1 Å². The predicted molar refractivity (Wildman–Crippen MR) is 48.0 cm³/mol. The standard InChI is InChI=1S/C8H5F3N4O2/c9-8(10,11)6-13-7(15-14-6)12-5(16)4-2-1-3-17-4/h1-3H,(H2,12,13,14,15,16). The minimum atomic E-state index is -4.64. The Morgan fingerprint density at radius 2 is 2.24 bits per heavy atom. The van der Waals surface area contributed by atoms with E-state index in [0.29, 0.717) is 0 Å². The summed E-state index contributed by atoms with van der Waals surface area (Å²) in [4.78, 5) is 14.4. The second-order valence-electron chi connectivity index (χ2n) is 2.94. The van der Waals surface area contributed by atoms with Gasteiger partial charge in [-0.1, -0.05) is 0 Å². The summed E-state index contributed by atoms with van der Waals surface area (Å²) in [5.74, 6) is -2.54. The Hall–Kier alpha value is -2.32. The van der Waals surface area contributed by atoms with E-state index >= 15 is 0 Å². The summed E-state index contributed by atoms with van der Waals surface area (Å²) in [6, 6.07) is 2.82. The molecule has 90 valence electrons. The number of anilines is 1. The maximum absolute atomic E-state index is 12.1. The molecule has 0 fully saturated rings. The number of halogens is 3. The molecule has 0 spiro atoms. The summed E-state index contributed by atoms with van der Waals surface area (Å²) in [5.41, 5.74) is 0. The largest absolute Gasteiger partial charge is 0.459 e. The van der Waals surface area contributed by atoms with E-state index in [1.807, 2.05) is 0 Å². The van der Waals surface area contributed by atoms with Crippen LogP contribution in [0.2, 0.25) is 0 Å². The lowest BCUT2D eigenvalue weighted by molar-refractivity contribution is -0.144. The fourth-order valence-electron chi connectivity index (χ4n) is 1.02. The Balaban J connectivity index is 2.10. The molecule has 2 heterocycles. The topological polar surface area (TPSA) is 83.8 Å². The molecule has 0 atom stereocenters. The smallest absolute Gasteiger partial charge is 0.451 e. The molecule has 2 aromatic heterocycles. The number of H-pyrrole nitrogens is 1. The zero-order chi connectivity index (χ0) is 12.5. The van der Waals surface area contributed by atoms with E-state index in [0.717, 1.165) is 0 Å². The average molecular weight is 246 g/mol. The number of carbonyl (C=O) groups is 1. The second-order valence-corrected chi connectivity index (χ2v) is 2.94. The number of alkyl halides is 3. The van der Waals surface area contributed by atoms with Gasteiger partial charge in [0.1, 0.15) is 0 Å².